The van der Waals surface area contributed by atoms with E-state index in [1.807, 2.05) is 0 Å². The van der Waals surface area contributed by atoms with Crippen LogP contribution in [-0.4, -0.2) is 18.5 Å². The third-order valence-corrected chi connectivity index (χ3v) is 2.40. The number of hydrogen-bond acceptors (Lipinski definition) is 1. The molecule has 1 unspecified atom stereocenters. The SMILES string of the molecule is FC(C(F)(F)F)C(F)(F)Oc1cc(C(F)(F)F)cc(C(F)(F)F)c1. The van der Waals surface area contributed by atoms with Gasteiger partial charge in [0, 0.05) is 0 Å². The molecule has 0 saturated heterocycles. The molecule has 0 bridgehead atoms. The zero-order valence-electron chi connectivity index (χ0n) is 10.8. The number of alkyl halides is 12. The van der Waals surface area contributed by atoms with Gasteiger partial charge in [-0.25, -0.2) is 4.39 Å². The van der Waals surface area contributed by atoms with E-state index in [2.05, 4.69) is 4.74 Å². The Balaban J connectivity index is 3.34. The molecule has 138 valence electrons. The molecule has 0 N–H and O–H groups in total. The zero-order chi connectivity index (χ0) is 19.1. The van der Waals surface area contributed by atoms with Gasteiger partial charge in [0.05, 0.1) is 11.1 Å². The summed E-state index contributed by atoms with van der Waals surface area (Å²) in [6.45, 7) is 0. The van der Waals surface area contributed by atoms with Crippen LogP contribution in [0.5, 0.6) is 5.75 Å². The first-order valence-corrected chi connectivity index (χ1v) is 5.51. The van der Waals surface area contributed by atoms with E-state index in [4.69, 9.17) is 0 Å². The Morgan fingerprint density at radius 2 is 1.04 bits per heavy atom. The molecule has 0 fully saturated rings. The molecule has 0 aliphatic rings. The molecule has 1 rings (SSSR count). The van der Waals surface area contributed by atoms with Crippen molar-refractivity contribution < 1.29 is 57.4 Å². The van der Waals surface area contributed by atoms with Crippen LogP contribution in [0.3, 0.4) is 0 Å². The average molecular weight is 380 g/mol. The lowest BCUT2D eigenvalue weighted by molar-refractivity contribution is -0.305. The molecule has 13 heteroatoms. The van der Waals surface area contributed by atoms with Crippen LogP contribution in [0, 0.1) is 0 Å². The fourth-order valence-electron chi connectivity index (χ4n) is 1.38. The van der Waals surface area contributed by atoms with Crippen LogP contribution in [0.2, 0.25) is 0 Å². The monoisotopic (exact) mass is 380 g/mol. The first kappa shape index (κ1) is 20.2. The zero-order valence-corrected chi connectivity index (χ0v) is 10.8. The minimum absolute atomic E-state index is 0.410. The van der Waals surface area contributed by atoms with Gasteiger partial charge in [-0.15, -0.1) is 0 Å². The molecule has 1 atom stereocenters. The van der Waals surface area contributed by atoms with Crippen molar-refractivity contribution in [3.63, 3.8) is 0 Å². The summed E-state index contributed by atoms with van der Waals surface area (Å²) < 4.78 is 152. The quantitative estimate of drug-likeness (QED) is 0.621. The number of ether oxygens (including phenoxy) is 1. The van der Waals surface area contributed by atoms with Gasteiger partial charge in [-0.2, -0.15) is 48.3 Å². The maximum Gasteiger partial charge on any atom is 0.439 e. The normalized spacial score (nSPS) is 15.3. The topological polar surface area (TPSA) is 9.23 Å². The molecule has 1 aromatic carbocycles. The van der Waals surface area contributed by atoms with Gasteiger partial charge in [0.15, 0.2) is 0 Å². The molecule has 1 aromatic rings. The largest absolute Gasteiger partial charge is 0.439 e. The maximum atomic E-state index is 13.0. The van der Waals surface area contributed by atoms with Crippen molar-refractivity contribution in [2.75, 3.05) is 0 Å². The third kappa shape index (κ3) is 4.84. The molecule has 1 nitrogen and oxygen atoms in total. The molecule has 0 saturated carbocycles. The molecule has 0 aliphatic carbocycles. The summed E-state index contributed by atoms with van der Waals surface area (Å²) in [4.78, 5) is 0. The number of hydrogen-bond donors (Lipinski definition) is 0. The Kier molecular flexibility index (Phi) is 4.99. The van der Waals surface area contributed by atoms with Gasteiger partial charge in [0.1, 0.15) is 5.75 Å². The van der Waals surface area contributed by atoms with Crippen molar-refractivity contribution in [1.29, 1.82) is 0 Å². The van der Waals surface area contributed by atoms with Crippen molar-refractivity contribution in [1.82, 2.24) is 0 Å². The van der Waals surface area contributed by atoms with Gasteiger partial charge in [0.25, 0.3) is 6.17 Å². The van der Waals surface area contributed by atoms with E-state index >= 15 is 0 Å². The first-order valence-electron chi connectivity index (χ1n) is 5.51. The smallest absolute Gasteiger partial charge is 0.430 e. The minimum atomic E-state index is -6.15. The molecule has 0 aromatic heterocycles. The van der Waals surface area contributed by atoms with Gasteiger partial charge >= 0.3 is 24.6 Å². The Morgan fingerprint density at radius 3 is 1.33 bits per heavy atom. The number of halogens is 12. The lowest BCUT2D eigenvalue weighted by Crippen LogP contribution is -2.45. The molecular formula is C11H4F12O. The number of benzene rings is 1. The second kappa shape index (κ2) is 5.92. The molecule has 24 heavy (non-hydrogen) atoms. The summed E-state index contributed by atoms with van der Waals surface area (Å²) in [5.41, 5.74) is -4.24. The average Bonchev–Trinajstić information content (AvgIpc) is 2.33. The first-order chi connectivity index (χ1) is 10.4. The van der Waals surface area contributed by atoms with Crippen LogP contribution in [0.4, 0.5) is 52.7 Å². The highest BCUT2D eigenvalue weighted by Crippen LogP contribution is 2.41. The molecule has 0 aliphatic heterocycles. The summed E-state index contributed by atoms with van der Waals surface area (Å²) in [6, 6.07) is -1.29. The van der Waals surface area contributed by atoms with Crippen LogP contribution in [-0.2, 0) is 12.4 Å². The number of rotatable bonds is 3. The summed E-state index contributed by atoms with van der Waals surface area (Å²) in [7, 11) is 0. The van der Waals surface area contributed by atoms with Crippen molar-refractivity contribution in [2.45, 2.75) is 30.8 Å². The highest BCUT2D eigenvalue weighted by atomic mass is 19.4. The van der Waals surface area contributed by atoms with E-state index in [0.717, 1.165) is 0 Å². The van der Waals surface area contributed by atoms with Gasteiger partial charge in [-0.3, -0.25) is 0 Å². The van der Waals surface area contributed by atoms with Gasteiger partial charge < -0.3 is 4.74 Å². The maximum absolute atomic E-state index is 13.0. The lowest BCUT2D eigenvalue weighted by Gasteiger charge is -2.24. The Hall–Kier alpha value is -1.82. The second-order valence-corrected chi connectivity index (χ2v) is 4.31. The Bertz CT molecular complexity index is 550. The lowest BCUT2D eigenvalue weighted by atomic mass is 10.1. The van der Waals surface area contributed by atoms with Crippen molar-refractivity contribution in [3.05, 3.63) is 29.3 Å². The molecule has 0 heterocycles. The van der Waals surface area contributed by atoms with Crippen LogP contribution < -0.4 is 4.74 Å². The van der Waals surface area contributed by atoms with Crippen molar-refractivity contribution in [2.24, 2.45) is 0 Å². The summed E-state index contributed by atoms with van der Waals surface area (Å²) >= 11 is 0. The van der Waals surface area contributed by atoms with E-state index in [1.54, 1.807) is 0 Å². The second-order valence-electron chi connectivity index (χ2n) is 4.31. The van der Waals surface area contributed by atoms with Crippen molar-refractivity contribution >= 4 is 0 Å². The predicted octanol–water partition coefficient (Wildman–Crippen LogP) is 5.60. The van der Waals surface area contributed by atoms with Gasteiger partial charge in [0.2, 0.25) is 0 Å². The minimum Gasteiger partial charge on any atom is -0.430 e. The van der Waals surface area contributed by atoms with Crippen LogP contribution in [0.15, 0.2) is 18.2 Å². The predicted molar refractivity (Wildman–Crippen MR) is 53.0 cm³/mol. The fourth-order valence-corrected chi connectivity index (χ4v) is 1.38. The van der Waals surface area contributed by atoms with E-state index in [0.29, 0.717) is 0 Å². The Morgan fingerprint density at radius 1 is 0.667 bits per heavy atom. The summed E-state index contributed by atoms with van der Waals surface area (Å²) in [5.74, 6) is -1.94. The van der Waals surface area contributed by atoms with Crippen molar-refractivity contribution in [3.8, 4) is 5.75 Å². The highest BCUT2D eigenvalue weighted by molar-refractivity contribution is 5.37. The molecule has 0 spiro atoms. The van der Waals surface area contributed by atoms with Gasteiger partial charge in [-0.05, 0) is 18.2 Å². The van der Waals surface area contributed by atoms with E-state index in [-0.39, 0.29) is 0 Å². The molecule has 0 amide bonds. The van der Waals surface area contributed by atoms with Crippen LogP contribution in [0.1, 0.15) is 11.1 Å². The van der Waals surface area contributed by atoms with E-state index < -0.39 is 65.9 Å². The Labute approximate surface area is 124 Å². The molecule has 0 radical (unpaired) electrons. The van der Waals surface area contributed by atoms with Gasteiger partial charge in [-0.1, -0.05) is 0 Å². The van der Waals surface area contributed by atoms with E-state index in [9.17, 15) is 52.7 Å². The fraction of sp³-hybridized carbons (Fsp3) is 0.455. The van der Waals surface area contributed by atoms with Crippen LogP contribution >= 0.6 is 0 Å². The highest BCUT2D eigenvalue weighted by Gasteiger charge is 2.59. The summed E-state index contributed by atoms with van der Waals surface area (Å²) in [6.07, 6.45) is -27.8. The molecular weight excluding hydrogens is 376 g/mol. The third-order valence-electron chi connectivity index (χ3n) is 2.40. The van der Waals surface area contributed by atoms with E-state index in [1.165, 1.54) is 0 Å². The standard InChI is InChI=1S/C11H4F12O/c12-7(10(19,20)21)11(22,23)24-6-2-4(8(13,14)15)1-5(3-6)9(16,17)18/h1-3,7H. The summed E-state index contributed by atoms with van der Waals surface area (Å²) in [5, 5.41) is 0. The van der Waals surface area contributed by atoms with Crippen LogP contribution in [0.25, 0.3) is 0 Å².